The van der Waals surface area contributed by atoms with Crippen LogP contribution in [0.5, 0.6) is 57.5 Å². The second-order valence-electron chi connectivity index (χ2n) is 18.2. The van der Waals surface area contributed by atoms with Crippen LogP contribution in [0.4, 0.5) is 0 Å². The summed E-state index contributed by atoms with van der Waals surface area (Å²) in [5.41, 5.74) is 6.64. The molecular weight excluding hydrogens is 1010 g/mol. The smallest absolute Gasteiger partial charge is 0.350 e. The van der Waals surface area contributed by atoms with Gasteiger partial charge in [0, 0.05) is 55.7 Å². The predicted octanol–water partition coefficient (Wildman–Crippen LogP) is 2.04. The normalized spacial score (nSPS) is 18.8. The van der Waals surface area contributed by atoms with Gasteiger partial charge in [-0.15, -0.1) is 0 Å². The van der Waals surface area contributed by atoms with Crippen LogP contribution in [-0.2, 0) is 44.7 Å². The van der Waals surface area contributed by atoms with E-state index < -0.39 is 11.9 Å². The van der Waals surface area contributed by atoms with Crippen molar-refractivity contribution in [3.8, 4) is 57.5 Å². The van der Waals surface area contributed by atoms with Gasteiger partial charge in [-0.05, 0) is 70.8 Å². The summed E-state index contributed by atoms with van der Waals surface area (Å²) in [6.07, 6.45) is 4.96. The Bertz CT molecular complexity index is 2510. The number of esters is 2. The van der Waals surface area contributed by atoms with Crippen LogP contribution in [0, 0.1) is 0 Å². The lowest BCUT2D eigenvalue weighted by Crippen LogP contribution is -3.00. The van der Waals surface area contributed by atoms with Crippen molar-refractivity contribution in [1.29, 1.82) is 0 Å². The first-order valence-electron chi connectivity index (χ1n) is 23.6. The molecule has 2 aliphatic rings. The average Bonchev–Trinajstić information content (AvgIpc) is 3.38. The summed E-state index contributed by atoms with van der Waals surface area (Å²) >= 11 is 6.37. The molecule has 4 atom stereocenters. The fraction of sp³-hybridized carbons (Fsp3) is 0.481. The highest BCUT2D eigenvalue weighted by Crippen LogP contribution is 2.47. The first-order chi connectivity index (χ1) is 34.2. The van der Waals surface area contributed by atoms with Crippen molar-refractivity contribution in [3.05, 3.63) is 93.0 Å². The molecule has 0 fully saturated rings. The lowest BCUT2D eigenvalue weighted by atomic mass is 9.86. The van der Waals surface area contributed by atoms with E-state index in [0.29, 0.717) is 105 Å². The summed E-state index contributed by atoms with van der Waals surface area (Å²) < 4.78 is 69.3. The number of halogens is 3. The van der Waals surface area contributed by atoms with Gasteiger partial charge in [-0.25, -0.2) is 9.59 Å². The van der Waals surface area contributed by atoms with Crippen LogP contribution < -0.4 is 72.2 Å². The van der Waals surface area contributed by atoms with Gasteiger partial charge in [0.15, 0.2) is 46.0 Å². The molecule has 0 unspecified atom stereocenters. The van der Waals surface area contributed by atoms with Crippen molar-refractivity contribution in [2.45, 2.75) is 50.6 Å². The zero-order valence-electron chi connectivity index (χ0n) is 44.1. The van der Waals surface area contributed by atoms with Crippen LogP contribution in [0.1, 0.15) is 58.3 Å². The average molecular weight is 1080 g/mol. The standard InChI is InChI=1S/C54H71ClN2O14.2ClH/c1-56(19-15-36-29-43(60-3)45(62-5)31-38(36)41(56)23-34-25-47(64-7)52(68-11)48(26-34)65-8)17-13-21-70-51(58)33-40(55)54(59)71-22-14-18-57(2)20-16-37-30-44(61-4)46(63-6)32-39(37)42(57)24-35-27-49(66-9)53(69-12)50(28-35)67-10;;/h25-33,41-42H,13-24H2,1-12H3;2*1H/q+2;;/p-2/b40-33-;;/t41-,42-,56+,57+;;/m1../s1. The summed E-state index contributed by atoms with van der Waals surface area (Å²) in [6, 6.07) is 16.1. The number of ether oxygens (including phenoxy) is 12. The Morgan fingerprint density at radius 3 is 1.19 bits per heavy atom. The second-order valence-corrected chi connectivity index (χ2v) is 18.6. The predicted molar refractivity (Wildman–Crippen MR) is 269 cm³/mol. The number of quaternary nitrogens is 2. The molecule has 0 aromatic heterocycles. The van der Waals surface area contributed by atoms with Crippen LogP contribution in [0.2, 0.25) is 0 Å². The van der Waals surface area contributed by atoms with Crippen molar-refractivity contribution in [2.24, 2.45) is 0 Å². The Morgan fingerprint density at radius 2 is 0.849 bits per heavy atom. The molecule has 2 heterocycles. The molecule has 0 amide bonds. The monoisotopic (exact) mass is 1080 g/mol. The molecule has 4 aromatic carbocycles. The van der Waals surface area contributed by atoms with E-state index in [-0.39, 0.29) is 55.1 Å². The number of nitrogens with zero attached hydrogens (tertiary/aromatic N) is 2. The number of likely N-dealkylation sites (N-methyl/N-ethyl adjacent to an activating group) is 2. The number of hydrogen-bond acceptors (Lipinski definition) is 14. The Hall–Kier alpha value is -5.65. The maximum atomic E-state index is 13.1. The van der Waals surface area contributed by atoms with E-state index in [1.807, 2.05) is 24.3 Å². The minimum atomic E-state index is -0.798. The molecule has 402 valence electrons. The van der Waals surface area contributed by atoms with Crippen molar-refractivity contribution >= 4 is 23.5 Å². The fourth-order valence-corrected chi connectivity index (χ4v) is 10.4. The summed E-state index contributed by atoms with van der Waals surface area (Å²) in [5, 5.41) is -0.356. The summed E-state index contributed by atoms with van der Waals surface area (Å²) in [6.45, 7) is 3.22. The van der Waals surface area contributed by atoms with Crippen molar-refractivity contribution < 1.29 is 100 Å². The van der Waals surface area contributed by atoms with Crippen molar-refractivity contribution in [3.63, 3.8) is 0 Å². The zero-order chi connectivity index (χ0) is 51.5. The third-order valence-electron chi connectivity index (χ3n) is 14.1. The van der Waals surface area contributed by atoms with Gasteiger partial charge in [-0.2, -0.15) is 0 Å². The maximum absolute atomic E-state index is 13.1. The molecule has 16 nitrogen and oxygen atoms in total. The van der Waals surface area contributed by atoms with Crippen molar-refractivity contribution in [1.82, 2.24) is 0 Å². The minimum absolute atomic E-state index is 0. The summed E-state index contributed by atoms with van der Waals surface area (Å²) in [4.78, 5) is 26.1. The largest absolute Gasteiger partial charge is 1.00 e. The van der Waals surface area contributed by atoms with Gasteiger partial charge < -0.3 is 90.6 Å². The third kappa shape index (κ3) is 13.6. The molecule has 0 aliphatic carbocycles. The van der Waals surface area contributed by atoms with Crippen molar-refractivity contribution in [2.75, 3.05) is 125 Å². The van der Waals surface area contributed by atoms with Gasteiger partial charge in [0.1, 0.15) is 17.1 Å². The fourth-order valence-electron chi connectivity index (χ4n) is 10.3. The molecular formula is C54H71Cl3N2O14. The van der Waals surface area contributed by atoms with Crippen LogP contribution in [0.25, 0.3) is 0 Å². The topological polar surface area (TPSA) is 145 Å². The second kappa shape index (κ2) is 27.0. The van der Waals surface area contributed by atoms with Crippen LogP contribution in [-0.4, -0.2) is 145 Å². The minimum Gasteiger partial charge on any atom is -1.00 e. The van der Waals surface area contributed by atoms with Gasteiger partial charge in [0.2, 0.25) is 11.5 Å². The Morgan fingerprint density at radius 1 is 0.507 bits per heavy atom. The van der Waals surface area contributed by atoms with Gasteiger partial charge >= 0.3 is 11.9 Å². The van der Waals surface area contributed by atoms with E-state index in [4.69, 9.17) is 68.4 Å². The highest BCUT2D eigenvalue weighted by atomic mass is 35.5. The Labute approximate surface area is 447 Å². The maximum Gasteiger partial charge on any atom is 0.350 e. The summed E-state index contributed by atoms with van der Waals surface area (Å²) in [5.74, 6) is 4.46. The SMILES string of the molecule is COc1cc2c(cc1OC)[C@@H](Cc1cc(OC)c(OC)c(OC)c1)[N@@+](C)(CCCOC(=O)/C=C(\Cl)C(=O)OCCC[N@@+]1(C)CCc3cc(OC)c(OC)cc3[C@H]1Cc1cc(OC)c(OC)c(OC)c1)CC2.[Cl-].[Cl-]. The molecule has 73 heavy (non-hydrogen) atoms. The molecule has 0 saturated carbocycles. The van der Waals surface area contributed by atoms with Crippen LogP contribution >= 0.6 is 11.6 Å². The molecule has 2 aliphatic heterocycles. The Kier molecular flexibility index (Phi) is 22.2. The van der Waals surface area contributed by atoms with E-state index >= 15 is 0 Å². The first kappa shape index (κ1) is 59.9. The number of fused-ring (bicyclic) bond motifs is 2. The number of benzene rings is 4. The van der Waals surface area contributed by atoms with Crippen LogP contribution in [0.3, 0.4) is 0 Å². The molecule has 0 bridgehead atoms. The lowest BCUT2D eigenvalue weighted by molar-refractivity contribution is -0.941. The number of carbonyl (C=O) groups excluding carboxylic acids is 2. The zero-order valence-corrected chi connectivity index (χ0v) is 46.3. The van der Waals surface area contributed by atoms with E-state index in [2.05, 4.69) is 38.4 Å². The molecule has 0 N–H and O–H groups in total. The third-order valence-corrected chi connectivity index (χ3v) is 14.4. The lowest BCUT2D eigenvalue weighted by Gasteiger charge is -2.46. The van der Waals surface area contributed by atoms with E-state index in [1.54, 1.807) is 71.1 Å². The number of carbonyl (C=O) groups is 2. The quantitative estimate of drug-likeness (QED) is 0.0437. The first-order valence-corrected chi connectivity index (χ1v) is 24.0. The summed E-state index contributed by atoms with van der Waals surface area (Å²) in [7, 11) is 20.5. The molecule has 4 aromatic rings. The van der Waals surface area contributed by atoms with E-state index in [0.717, 1.165) is 54.3 Å². The number of hydrogen-bond donors (Lipinski definition) is 0. The highest BCUT2D eigenvalue weighted by molar-refractivity contribution is 6.42. The van der Waals surface area contributed by atoms with Gasteiger partial charge in [-0.1, -0.05) is 11.6 Å². The molecule has 6 rings (SSSR count). The van der Waals surface area contributed by atoms with E-state index in [9.17, 15) is 9.59 Å². The Balaban J connectivity index is 0.00000578. The van der Waals surface area contributed by atoms with Gasteiger partial charge in [-0.3, -0.25) is 0 Å². The molecule has 0 spiro atoms. The highest BCUT2D eigenvalue weighted by Gasteiger charge is 2.42. The molecule has 0 radical (unpaired) electrons. The number of rotatable bonds is 24. The van der Waals surface area contributed by atoms with E-state index in [1.165, 1.54) is 11.1 Å². The molecule has 0 saturated heterocycles. The van der Waals surface area contributed by atoms with Gasteiger partial charge in [0.25, 0.3) is 0 Å². The van der Waals surface area contributed by atoms with Crippen LogP contribution in [0.15, 0.2) is 59.6 Å². The van der Waals surface area contributed by atoms with Gasteiger partial charge in [0.05, 0.1) is 125 Å². The number of methoxy groups -OCH3 is 10. The molecule has 19 heteroatoms.